The molecule has 2 saturated heterocycles. The Balaban J connectivity index is 1.79. The molecule has 0 spiro atoms. The highest BCUT2D eigenvalue weighted by molar-refractivity contribution is 5.73. The number of nitrogens with zero attached hydrogens (tertiary/aromatic N) is 3. The van der Waals surface area contributed by atoms with E-state index in [-0.39, 0.29) is 36.0 Å². The Morgan fingerprint density at radius 1 is 1.17 bits per heavy atom. The van der Waals surface area contributed by atoms with E-state index in [1.54, 1.807) is 6.92 Å². The molecule has 29 heavy (non-hydrogen) atoms. The average Bonchev–Trinajstić information content (AvgIpc) is 3.15. The molecule has 0 saturated carbocycles. The van der Waals surface area contributed by atoms with Crippen LogP contribution >= 0.6 is 0 Å². The van der Waals surface area contributed by atoms with Crippen LogP contribution < -0.4 is 5.32 Å². The third kappa shape index (κ3) is 5.07. The molecule has 2 fully saturated rings. The lowest BCUT2D eigenvalue weighted by molar-refractivity contribution is -0.138. The topological polar surface area (TPSA) is 65.5 Å². The molecule has 2 aliphatic heterocycles. The average molecular weight is 412 g/mol. The van der Waals surface area contributed by atoms with E-state index in [9.17, 15) is 22.8 Å². The zero-order valence-electron chi connectivity index (χ0n) is 16.8. The lowest BCUT2D eigenvalue weighted by Gasteiger charge is -2.39. The van der Waals surface area contributed by atoms with Gasteiger partial charge in [0.1, 0.15) is 0 Å². The predicted molar refractivity (Wildman–Crippen MR) is 101 cm³/mol. The number of nitrogens with one attached hydrogen (secondary N) is 1. The summed E-state index contributed by atoms with van der Waals surface area (Å²) in [6.07, 6.45) is 0.0485. The van der Waals surface area contributed by atoms with Crippen LogP contribution in [0, 0.1) is 0 Å². The third-order valence-corrected chi connectivity index (χ3v) is 5.86. The first-order valence-corrected chi connectivity index (χ1v) is 9.98. The van der Waals surface area contributed by atoms with E-state index in [2.05, 4.69) is 15.2 Å². The number of alkyl halides is 3. The minimum atomic E-state index is -4.51. The lowest BCUT2D eigenvalue weighted by Crippen LogP contribution is -2.46. The van der Waals surface area contributed by atoms with Crippen molar-refractivity contribution in [2.24, 2.45) is 0 Å². The second kappa shape index (κ2) is 8.69. The van der Waals surface area contributed by atoms with Crippen LogP contribution in [0.5, 0.6) is 0 Å². The van der Waals surface area contributed by atoms with Gasteiger partial charge in [-0.3, -0.25) is 19.5 Å². The van der Waals surface area contributed by atoms with Crippen LogP contribution in [0.3, 0.4) is 0 Å². The van der Waals surface area contributed by atoms with E-state index in [1.165, 1.54) is 13.1 Å². The number of likely N-dealkylation sites (tertiary alicyclic amines) is 2. The Bertz CT molecular complexity index is 761. The standard InChI is InChI=1S/C20H27F3N4O2/c1-13(28)24-11-15-12-25-18(10-17(15)20(21,22)23)19-4-3-7-27(19)16-5-8-26(9-6-16)14(2)29/h10,12,16,19H,3-9,11H2,1-2H3,(H,24,28)/t19-/m1/s1. The highest BCUT2D eigenvalue weighted by atomic mass is 19.4. The van der Waals surface area contributed by atoms with E-state index < -0.39 is 11.7 Å². The lowest BCUT2D eigenvalue weighted by atomic mass is 9.99. The molecule has 2 amide bonds. The molecule has 3 heterocycles. The second-order valence-corrected chi connectivity index (χ2v) is 7.81. The number of piperidine rings is 1. The van der Waals surface area contributed by atoms with Crippen LogP contribution in [0.25, 0.3) is 0 Å². The molecule has 1 aromatic heterocycles. The van der Waals surface area contributed by atoms with Crippen LogP contribution in [0.15, 0.2) is 12.3 Å². The highest BCUT2D eigenvalue weighted by Crippen LogP contribution is 2.38. The van der Waals surface area contributed by atoms with Gasteiger partial charge in [-0.1, -0.05) is 0 Å². The first kappa shape index (κ1) is 21.5. The number of pyridine rings is 1. The summed E-state index contributed by atoms with van der Waals surface area (Å²) >= 11 is 0. The number of carbonyl (C=O) groups excluding carboxylic acids is 2. The molecule has 1 atom stereocenters. The van der Waals surface area contributed by atoms with Gasteiger partial charge in [-0.15, -0.1) is 0 Å². The number of aromatic nitrogens is 1. The van der Waals surface area contributed by atoms with Crippen molar-refractivity contribution in [2.75, 3.05) is 19.6 Å². The normalized spacial score (nSPS) is 21.4. The van der Waals surface area contributed by atoms with Crippen molar-refractivity contribution in [2.45, 2.75) is 64.3 Å². The van der Waals surface area contributed by atoms with Crippen LogP contribution in [-0.4, -0.2) is 52.3 Å². The van der Waals surface area contributed by atoms with Gasteiger partial charge in [-0.2, -0.15) is 13.2 Å². The van der Waals surface area contributed by atoms with Crippen molar-refractivity contribution >= 4 is 11.8 Å². The highest BCUT2D eigenvalue weighted by Gasteiger charge is 2.38. The summed E-state index contributed by atoms with van der Waals surface area (Å²) in [5, 5.41) is 2.42. The number of halogens is 3. The van der Waals surface area contributed by atoms with Crippen molar-refractivity contribution in [1.82, 2.24) is 20.1 Å². The Labute approximate surface area is 168 Å². The third-order valence-electron chi connectivity index (χ3n) is 5.86. The molecule has 0 aromatic carbocycles. The maximum absolute atomic E-state index is 13.6. The number of carbonyl (C=O) groups is 2. The minimum Gasteiger partial charge on any atom is -0.352 e. The van der Waals surface area contributed by atoms with Crippen LogP contribution in [0.1, 0.15) is 62.4 Å². The zero-order chi connectivity index (χ0) is 21.2. The fourth-order valence-corrected chi connectivity index (χ4v) is 4.36. The molecule has 2 aliphatic rings. The van der Waals surface area contributed by atoms with Gasteiger partial charge in [0, 0.05) is 51.3 Å². The molecule has 3 rings (SSSR count). The Kier molecular flexibility index (Phi) is 6.45. The monoisotopic (exact) mass is 412 g/mol. The van der Waals surface area contributed by atoms with Crippen molar-refractivity contribution < 1.29 is 22.8 Å². The maximum Gasteiger partial charge on any atom is 0.416 e. The molecule has 1 aromatic rings. The van der Waals surface area contributed by atoms with Gasteiger partial charge in [-0.05, 0) is 38.3 Å². The van der Waals surface area contributed by atoms with Gasteiger partial charge in [0.2, 0.25) is 11.8 Å². The molecule has 9 heteroatoms. The first-order valence-electron chi connectivity index (χ1n) is 9.98. The fraction of sp³-hybridized carbons (Fsp3) is 0.650. The fourth-order valence-electron chi connectivity index (χ4n) is 4.36. The van der Waals surface area contributed by atoms with E-state index in [0.29, 0.717) is 18.8 Å². The summed E-state index contributed by atoms with van der Waals surface area (Å²) in [7, 11) is 0. The van der Waals surface area contributed by atoms with Gasteiger partial charge >= 0.3 is 6.18 Å². The van der Waals surface area contributed by atoms with Crippen molar-refractivity contribution in [3.8, 4) is 0 Å². The maximum atomic E-state index is 13.6. The quantitative estimate of drug-likeness (QED) is 0.826. The summed E-state index contributed by atoms with van der Waals surface area (Å²) in [6, 6.07) is 1.23. The van der Waals surface area contributed by atoms with Gasteiger partial charge in [-0.25, -0.2) is 0 Å². The molecular formula is C20H27F3N4O2. The van der Waals surface area contributed by atoms with Gasteiger partial charge < -0.3 is 10.2 Å². The van der Waals surface area contributed by atoms with Gasteiger partial charge in [0.25, 0.3) is 0 Å². The number of amides is 2. The van der Waals surface area contributed by atoms with Crippen LogP contribution in [0.4, 0.5) is 13.2 Å². The van der Waals surface area contributed by atoms with E-state index in [4.69, 9.17) is 0 Å². The van der Waals surface area contributed by atoms with Crippen LogP contribution in [0.2, 0.25) is 0 Å². The van der Waals surface area contributed by atoms with Gasteiger partial charge in [0.05, 0.1) is 17.3 Å². The van der Waals surface area contributed by atoms with Crippen molar-refractivity contribution in [1.29, 1.82) is 0 Å². The molecule has 0 bridgehead atoms. The molecule has 0 radical (unpaired) electrons. The summed E-state index contributed by atoms with van der Waals surface area (Å²) in [4.78, 5) is 31.1. The number of hydrogen-bond donors (Lipinski definition) is 1. The Morgan fingerprint density at radius 2 is 1.86 bits per heavy atom. The van der Waals surface area contributed by atoms with Crippen LogP contribution in [-0.2, 0) is 22.3 Å². The largest absolute Gasteiger partial charge is 0.416 e. The summed E-state index contributed by atoms with van der Waals surface area (Å²) < 4.78 is 40.9. The Hall–Kier alpha value is -2.16. The molecule has 0 aliphatic carbocycles. The Morgan fingerprint density at radius 3 is 2.45 bits per heavy atom. The smallest absolute Gasteiger partial charge is 0.352 e. The predicted octanol–water partition coefficient (Wildman–Crippen LogP) is 2.88. The second-order valence-electron chi connectivity index (χ2n) is 7.81. The SMILES string of the molecule is CC(=O)NCc1cnc([C@H]2CCCN2C2CCN(C(C)=O)CC2)cc1C(F)(F)F. The van der Waals surface area contributed by atoms with Crippen molar-refractivity contribution in [3.05, 3.63) is 29.1 Å². The van der Waals surface area contributed by atoms with E-state index >= 15 is 0 Å². The van der Waals surface area contributed by atoms with E-state index in [1.807, 2.05) is 4.90 Å². The molecular weight excluding hydrogens is 385 g/mol. The molecule has 6 nitrogen and oxygen atoms in total. The van der Waals surface area contributed by atoms with Crippen molar-refractivity contribution in [3.63, 3.8) is 0 Å². The summed E-state index contributed by atoms with van der Waals surface area (Å²) in [5.41, 5.74) is -0.347. The number of rotatable bonds is 4. The van der Waals surface area contributed by atoms with E-state index in [0.717, 1.165) is 38.3 Å². The minimum absolute atomic E-state index is 0.0317. The molecule has 160 valence electrons. The van der Waals surface area contributed by atoms with Gasteiger partial charge in [0.15, 0.2) is 0 Å². The summed E-state index contributed by atoms with van der Waals surface area (Å²) in [5.74, 6) is -0.325. The molecule has 1 N–H and O–H groups in total. The zero-order valence-corrected chi connectivity index (χ0v) is 16.8. The molecule has 0 unspecified atom stereocenters. The number of hydrogen-bond acceptors (Lipinski definition) is 4. The summed E-state index contributed by atoms with van der Waals surface area (Å²) in [6.45, 7) is 4.81. The first-order chi connectivity index (χ1) is 13.7.